The Labute approximate surface area is 254 Å². The molecule has 0 spiro atoms. The molecule has 0 saturated heterocycles. The molecular weight excluding hydrogens is 574 g/mol. The van der Waals surface area contributed by atoms with Crippen molar-refractivity contribution in [1.29, 1.82) is 0 Å². The first-order chi connectivity index (χ1) is 20.1. The standard InChI is InChI=1S/C31H39N3O10/c1-12-13-8-9-15(33-28(43)34-30(5,6)7)23(38)19(13)24(39)21-18(12)22(37)14-10-16(35)20(27(32)42)25(40)31(14,26(21)41)44-17(36)11-29(2,3)4/h8-9,12,14,18,22,37-40H,10-11H2,1-7H3,(H2,32,42)(H2,33,34,43)/t12-,14+,18+,22+,31+/m0/s1. The van der Waals surface area contributed by atoms with Crippen LogP contribution in [0.15, 0.2) is 29.0 Å². The molecule has 0 bridgehead atoms. The number of aliphatic hydroxyl groups is 3. The Balaban J connectivity index is 1.95. The average Bonchev–Trinajstić information content (AvgIpc) is 2.84. The summed E-state index contributed by atoms with van der Waals surface area (Å²) in [5.74, 6) is -10.5. The lowest BCUT2D eigenvalue weighted by Crippen LogP contribution is -2.65. The van der Waals surface area contributed by atoms with E-state index in [1.165, 1.54) is 12.1 Å². The van der Waals surface area contributed by atoms with Crippen LogP contribution < -0.4 is 16.4 Å². The number of benzene rings is 1. The molecule has 3 aliphatic carbocycles. The molecule has 1 aromatic carbocycles. The third-order valence-electron chi connectivity index (χ3n) is 8.15. The van der Waals surface area contributed by atoms with Crippen molar-refractivity contribution in [3.05, 3.63) is 40.2 Å². The van der Waals surface area contributed by atoms with Crippen molar-refractivity contribution in [2.75, 3.05) is 5.32 Å². The van der Waals surface area contributed by atoms with Gasteiger partial charge in [0.1, 0.15) is 17.1 Å². The highest BCUT2D eigenvalue weighted by atomic mass is 16.6. The molecule has 1 saturated carbocycles. The Bertz CT molecular complexity index is 1540. The highest BCUT2D eigenvalue weighted by Crippen LogP contribution is 2.57. The van der Waals surface area contributed by atoms with E-state index in [4.69, 9.17) is 10.5 Å². The molecule has 4 rings (SSSR count). The van der Waals surface area contributed by atoms with Crippen LogP contribution in [0.1, 0.15) is 78.4 Å². The summed E-state index contributed by atoms with van der Waals surface area (Å²) in [5.41, 5.74) is -0.0991. The van der Waals surface area contributed by atoms with Crippen LogP contribution in [0, 0.1) is 17.3 Å². The summed E-state index contributed by atoms with van der Waals surface area (Å²) in [6, 6.07) is 2.26. The van der Waals surface area contributed by atoms with Crippen LogP contribution >= 0.6 is 0 Å². The van der Waals surface area contributed by atoms with E-state index in [0.29, 0.717) is 5.56 Å². The van der Waals surface area contributed by atoms with Gasteiger partial charge in [0.05, 0.1) is 23.8 Å². The average molecular weight is 614 g/mol. The maximum absolute atomic E-state index is 14.5. The second-order valence-corrected chi connectivity index (χ2v) is 13.9. The summed E-state index contributed by atoms with van der Waals surface area (Å²) >= 11 is 0. The number of aromatic hydroxyl groups is 1. The van der Waals surface area contributed by atoms with Crippen molar-refractivity contribution in [3.63, 3.8) is 0 Å². The fourth-order valence-corrected chi connectivity index (χ4v) is 6.39. The van der Waals surface area contributed by atoms with E-state index in [2.05, 4.69) is 10.6 Å². The number of hydrogen-bond acceptors (Lipinski definition) is 10. The Morgan fingerprint density at radius 3 is 2.23 bits per heavy atom. The molecule has 5 atom stereocenters. The van der Waals surface area contributed by atoms with Crippen molar-refractivity contribution < 1.29 is 49.1 Å². The molecule has 13 nitrogen and oxygen atoms in total. The molecule has 0 unspecified atom stereocenters. The monoisotopic (exact) mass is 613 g/mol. The van der Waals surface area contributed by atoms with Gasteiger partial charge in [-0.3, -0.25) is 19.2 Å². The number of ketones is 2. The van der Waals surface area contributed by atoms with Gasteiger partial charge in [-0.05, 0) is 43.7 Å². The Hall–Kier alpha value is -4.39. The maximum Gasteiger partial charge on any atom is 0.319 e. The van der Waals surface area contributed by atoms with Gasteiger partial charge in [-0.1, -0.05) is 33.8 Å². The number of fused-ring (bicyclic) bond motifs is 3. The first kappa shape index (κ1) is 32.5. The smallest absolute Gasteiger partial charge is 0.319 e. The number of phenols is 1. The number of Topliss-reactive ketones (excluding diaryl/α,β-unsaturated/α-hetero) is 2. The number of ether oxygens (including phenoxy) is 1. The SMILES string of the molecule is C[C@H]1c2ccc(NC(=O)NC(C)(C)C)c(O)c2C(O)=C2C(=O)[C@]3(OC(=O)CC(C)(C)C)C(O)=C(C(N)=O)C(=O)C[C@@H]3[C@@H](O)[C@@H]21. The number of esters is 1. The summed E-state index contributed by atoms with van der Waals surface area (Å²) < 4.78 is 5.67. The van der Waals surface area contributed by atoms with E-state index in [-0.39, 0.29) is 17.7 Å². The van der Waals surface area contributed by atoms with E-state index in [1.54, 1.807) is 48.5 Å². The van der Waals surface area contributed by atoms with Gasteiger partial charge in [-0.2, -0.15) is 0 Å². The van der Waals surface area contributed by atoms with Crippen molar-refractivity contribution in [2.45, 2.75) is 84.5 Å². The summed E-state index contributed by atoms with van der Waals surface area (Å²) in [7, 11) is 0. The normalized spacial score (nSPS) is 26.8. The number of nitrogens with two attached hydrogens (primary N) is 1. The second-order valence-electron chi connectivity index (χ2n) is 13.9. The van der Waals surface area contributed by atoms with Crippen molar-refractivity contribution in [2.24, 2.45) is 23.0 Å². The topological polar surface area (TPSA) is 226 Å². The van der Waals surface area contributed by atoms with Gasteiger partial charge >= 0.3 is 12.0 Å². The minimum atomic E-state index is -2.77. The Kier molecular flexibility index (Phi) is 7.87. The molecule has 0 radical (unpaired) electrons. The minimum Gasteiger partial charge on any atom is -0.507 e. The van der Waals surface area contributed by atoms with E-state index in [1.807, 2.05) is 0 Å². The van der Waals surface area contributed by atoms with Crippen LogP contribution in [0.5, 0.6) is 5.75 Å². The minimum absolute atomic E-state index is 0.0988. The lowest BCUT2D eigenvalue weighted by atomic mass is 9.55. The van der Waals surface area contributed by atoms with Crippen LogP contribution in [-0.4, -0.2) is 67.1 Å². The number of phenolic OH excluding ortho intramolecular Hbond substituents is 1. The van der Waals surface area contributed by atoms with Crippen molar-refractivity contribution in [3.8, 4) is 5.75 Å². The van der Waals surface area contributed by atoms with Gasteiger partial charge in [0.15, 0.2) is 11.5 Å². The van der Waals surface area contributed by atoms with Crippen molar-refractivity contribution in [1.82, 2.24) is 5.32 Å². The van der Waals surface area contributed by atoms with Gasteiger partial charge in [-0.25, -0.2) is 4.79 Å². The zero-order valence-corrected chi connectivity index (χ0v) is 25.7. The summed E-state index contributed by atoms with van der Waals surface area (Å²) in [4.78, 5) is 65.4. The third-order valence-corrected chi connectivity index (χ3v) is 8.15. The Morgan fingerprint density at radius 1 is 1.07 bits per heavy atom. The zero-order valence-electron chi connectivity index (χ0n) is 25.7. The molecule has 1 fully saturated rings. The number of hydrogen-bond donors (Lipinski definition) is 7. The number of rotatable bonds is 4. The molecule has 1 aromatic rings. The van der Waals surface area contributed by atoms with Crippen LogP contribution in [0.3, 0.4) is 0 Å². The first-order valence-corrected chi connectivity index (χ1v) is 14.2. The number of carbonyl (C=O) groups excluding carboxylic acids is 5. The fraction of sp³-hybridized carbons (Fsp3) is 0.516. The highest BCUT2D eigenvalue weighted by Gasteiger charge is 2.68. The Morgan fingerprint density at radius 2 is 1.68 bits per heavy atom. The van der Waals surface area contributed by atoms with E-state index in [0.717, 1.165) is 0 Å². The number of amides is 3. The van der Waals surface area contributed by atoms with E-state index in [9.17, 15) is 44.4 Å². The largest absolute Gasteiger partial charge is 0.507 e. The number of nitrogens with one attached hydrogen (secondary N) is 2. The van der Waals surface area contributed by atoms with E-state index >= 15 is 0 Å². The van der Waals surface area contributed by atoms with Gasteiger partial charge in [0, 0.05) is 29.4 Å². The summed E-state index contributed by atoms with van der Waals surface area (Å²) in [6.07, 6.45) is -2.58. The van der Waals surface area contributed by atoms with Crippen LogP contribution in [-0.2, 0) is 23.9 Å². The quantitative estimate of drug-likeness (QED) is 0.149. The molecule has 8 N–H and O–H groups in total. The maximum atomic E-state index is 14.5. The molecule has 0 aliphatic heterocycles. The summed E-state index contributed by atoms with van der Waals surface area (Å²) in [6.45, 7) is 12.0. The molecule has 238 valence electrons. The van der Waals surface area contributed by atoms with Crippen molar-refractivity contribution >= 4 is 40.9 Å². The molecule has 3 aliphatic rings. The van der Waals surface area contributed by atoms with Gasteiger partial charge in [0.2, 0.25) is 11.4 Å². The number of aliphatic hydroxyl groups excluding tert-OH is 3. The van der Waals surface area contributed by atoms with Gasteiger partial charge in [0.25, 0.3) is 5.91 Å². The number of anilines is 1. The highest BCUT2D eigenvalue weighted by molar-refractivity contribution is 6.23. The molecule has 3 amide bonds. The van der Waals surface area contributed by atoms with Crippen LogP contribution in [0.2, 0.25) is 0 Å². The lowest BCUT2D eigenvalue weighted by molar-refractivity contribution is -0.187. The van der Waals surface area contributed by atoms with Crippen LogP contribution in [0.25, 0.3) is 5.76 Å². The molecule has 44 heavy (non-hydrogen) atoms. The predicted octanol–water partition coefficient (Wildman–Crippen LogP) is 2.86. The zero-order chi connectivity index (χ0) is 33.3. The number of carbonyl (C=O) groups is 5. The number of urea groups is 1. The molecule has 0 aromatic heterocycles. The third kappa shape index (κ3) is 5.29. The van der Waals surface area contributed by atoms with Crippen LogP contribution in [0.4, 0.5) is 10.5 Å². The second kappa shape index (κ2) is 10.7. The van der Waals surface area contributed by atoms with E-state index < -0.39 is 105 Å². The molecule has 0 heterocycles. The lowest BCUT2D eigenvalue weighted by Gasteiger charge is -2.52. The molecular formula is C31H39N3O10. The summed E-state index contributed by atoms with van der Waals surface area (Å²) in [5, 5.41) is 51.1. The van der Waals surface area contributed by atoms with Gasteiger partial charge < -0.3 is 41.5 Å². The molecule has 13 heteroatoms. The fourth-order valence-electron chi connectivity index (χ4n) is 6.39. The first-order valence-electron chi connectivity index (χ1n) is 14.2. The predicted molar refractivity (Wildman–Crippen MR) is 157 cm³/mol. The number of primary amides is 1. The van der Waals surface area contributed by atoms with Gasteiger partial charge in [-0.15, -0.1) is 0 Å².